The maximum Gasteiger partial charge on any atom is 0.173 e. The van der Waals surface area contributed by atoms with Gasteiger partial charge in [-0.15, -0.1) is 5.10 Å². The molecule has 1 atom stereocenters. The van der Waals surface area contributed by atoms with E-state index in [1.165, 1.54) is 55.3 Å². The molecule has 2 fully saturated rings. The Morgan fingerprint density at radius 3 is 2.38 bits per heavy atom. The average Bonchev–Trinajstić information content (AvgIpc) is 3.70. The second kappa shape index (κ2) is 11.4. The largest absolute Gasteiger partial charge is 0.299 e. The lowest BCUT2D eigenvalue weighted by Crippen LogP contribution is -2.38. The van der Waals surface area contributed by atoms with Crippen LogP contribution in [0.25, 0.3) is 0 Å². The van der Waals surface area contributed by atoms with Gasteiger partial charge in [-0.3, -0.25) is 14.5 Å². The zero-order valence-electron chi connectivity index (χ0n) is 21.4. The molecule has 1 saturated carbocycles. The molecule has 1 aliphatic carbocycles. The van der Waals surface area contributed by atoms with E-state index in [1.54, 1.807) is 0 Å². The Kier molecular flexibility index (Phi) is 7.37. The smallest absolute Gasteiger partial charge is 0.173 e. The van der Waals surface area contributed by atoms with E-state index in [4.69, 9.17) is 0 Å². The molecule has 0 spiro atoms. The second-order valence-electron chi connectivity index (χ2n) is 10.4. The van der Waals surface area contributed by atoms with Crippen molar-refractivity contribution in [2.24, 2.45) is 0 Å². The molecule has 2 aromatic heterocycles. The van der Waals surface area contributed by atoms with Crippen LogP contribution in [0.15, 0.2) is 73.1 Å². The van der Waals surface area contributed by atoms with Gasteiger partial charge in [0.1, 0.15) is 0 Å². The van der Waals surface area contributed by atoms with Crippen molar-refractivity contribution >= 4 is 0 Å². The van der Waals surface area contributed by atoms with Crippen molar-refractivity contribution < 1.29 is 0 Å². The molecule has 3 heterocycles. The molecule has 1 aliphatic heterocycles. The highest BCUT2D eigenvalue weighted by Crippen LogP contribution is 2.30. The van der Waals surface area contributed by atoms with E-state index in [0.717, 1.165) is 38.0 Å². The molecule has 4 aromatic rings. The Balaban J connectivity index is 1.28. The van der Waals surface area contributed by atoms with E-state index >= 15 is 0 Å². The Morgan fingerprint density at radius 2 is 1.59 bits per heavy atom. The molecule has 0 N–H and O–H groups in total. The summed E-state index contributed by atoms with van der Waals surface area (Å²) < 4.78 is 3.94. The Hall–Kier alpha value is -3.36. The molecule has 6 rings (SSSR count). The summed E-state index contributed by atoms with van der Waals surface area (Å²) in [5.74, 6) is 0.915. The third-order valence-corrected chi connectivity index (χ3v) is 7.95. The van der Waals surface area contributed by atoms with Gasteiger partial charge in [-0.1, -0.05) is 67.4 Å². The maximum atomic E-state index is 4.61. The van der Waals surface area contributed by atoms with Gasteiger partial charge in [0.2, 0.25) is 0 Å². The van der Waals surface area contributed by atoms with Crippen LogP contribution in [0.1, 0.15) is 60.7 Å². The third-order valence-electron chi connectivity index (χ3n) is 7.95. The highest BCUT2D eigenvalue weighted by atomic mass is 15.5. The number of rotatable bonds is 8. The van der Waals surface area contributed by atoms with Crippen molar-refractivity contribution in [3.8, 4) is 0 Å². The number of hydrogen-bond acceptors (Lipinski definition) is 6. The lowest BCUT2D eigenvalue weighted by molar-refractivity contribution is 0.185. The van der Waals surface area contributed by atoms with Crippen LogP contribution in [0.2, 0.25) is 0 Å². The lowest BCUT2D eigenvalue weighted by Gasteiger charge is -2.31. The molecular weight excluding hydrogens is 460 g/mol. The van der Waals surface area contributed by atoms with Crippen molar-refractivity contribution in [2.75, 3.05) is 26.2 Å². The number of hydrogen-bond donors (Lipinski definition) is 0. The SMILES string of the molecule is c1ccc(Cn2nnnc2C(c2ccc(Cn3cccn3)cc2)N2CCCN(C3CCCC3)CC2)cc1. The fraction of sp³-hybridized carbons (Fsp3) is 0.448. The molecule has 0 radical (unpaired) electrons. The summed E-state index contributed by atoms with van der Waals surface area (Å²) in [6.45, 7) is 5.79. The van der Waals surface area contributed by atoms with Crippen molar-refractivity contribution in [1.29, 1.82) is 0 Å². The van der Waals surface area contributed by atoms with Crippen LogP contribution in [0.3, 0.4) is 0 Å². The first-order valence-corrected chi connectivity index (χ1v) is 13.7. The number of nitrogens with zero attached hydrogens (tertiary/aromatic N) is 8. The molecule has 0 amide bonds. The van der Waals surface area contributed by atoms with Crippen LogP contribution < -0.4 is 0 Å². The predicted molar refractivity (Wildman–Crippen MR) is 143 cm³/mol. The molecule has 2 aliphatic rings. The molecule has 1 unspecified atom stereocenters. The highest BCUT2D eigenvalue weighted by Gasteiger charge is 2.31. The van der Waals surface area contributed by atoms with E-state index in [1.807, 2.05) is 33.9 Å². The summed E-state index contributed by atoms with van der Waals surface area (Å²) in [6, 6.07) is 22.2. The average molecular weight is 497 g/mol. The standard InChI is InChI=1S/C29H36N8/c1-2-8-24(9-3-1)23-37-29(31-32-33-37)28(26-14-12-25(13-15-26)22-36-19-6-16-30-36)35-18-7-17-34(20-21-35)27-10-4-5-11-27/h1-3,6,8-9,12-16,19,27-28H,4-5,7,10-11,17-18,20-23H2. The normalized spacial score (nSPS) is 18.7. The molecule has 1 saturated heterocycles. The third kappa shape index (κ3) is 5.65. The first-order chi connectivity index (χ1) is 18.3. The summed E-state index contributed by atoms with van der Waals surface area (Å²) in [7, 11) is 0. The van der Waals surface area contributed by atoms with Gasteiger partial charge in [-0.05, 0) is 59.0 Å². The molecular formula is C29H36N8. The van der Waals surface area contributed by atoms with Crippen LogP contribution in [-0.4, -0.2) is 72.0 Å². The van der Waals surface area contributed by atoms with Gasteiger partial charge in [0.15, 0.2) is 5.82 Å². The summed E-state index contributed by atoms with van der Waals surface area (Å²) in [5, 5.41) is 17.5. The van der Waals surface area contributed by atoms with Crippen molar-refractivity contribution in [3.63, 3.8) is 0 Å². The Labute approximate surface area is 218 Å². The van der Waals surface area contributed by atoms with E-state index < -0.39 is 0 Å². The van der Waals surface area contributed by atoms with Crippen LogP contribution in [0.5, 0.6) is 0 Å². The van der Waals surface area contributed by atoms with Crippen LogP contribution in [0, 0.1) is 0 Å². The van der Waals surface area contributed by atoms with E-state index in [-0.39, 0.29) is 6.04 Å². The molecule has 37 heavy (non-hydrogen) atoms. The summed E-state index contributed by atoms with van der Waals surface area (Å²) >= 11 is 0. The van der Waals surface area contributed by atoms with Gasteiger partial charge in [0, 0.05) is 38.1 Å². The van der Waals surface area contributed by atoms with Gasteiger partial charge in [0.05, 0.1) is 19.1 Å². The molecule has 192 valence electrons. The summed E-state index contributed by atoms with van der Waals surface area (Å²) in [5.41, 5.74) is 3.67. The number of aromatic nitrogens is 6. The molecule has 8 nitrogen and oxygen atoms in total. The molecule has 2 aromatic carbocycles. The van der Waals surface area contributed by atoms with Crippen molar-refractivity contribution in [1.82, 2.24) is 39.8 Å². The van der Waals surface area contributed by atoms with Crippen LogP contribution in [-0.2, 0) is 13.1 Å². The van der Waals surface area contributed by atoms with Gasteiger partial charge < -0.3 is 0 Å². The van der Waals surface area contributed by atoms with Crippen molar-refractivity contribution in [2.45, 2.75) is 57.3 Å². The van der Waals surface area contributed by atoms with E-state index in [2.05, 4.69) is 79.0 Å². The van der Waals surface area contributed by atoms with Gasteiger partial charge in [-0.25, -0.2) is 4.68 Å². The minimum Gasteiger partial charge on any atom is -0.299 e. The topological polar surface area (TPSA) is 67.9 Å². The fourth-order valence-corrected chi connectivity index (χ4v) is 6.04. The van der Waals surface area contributed by atoms with E-state index in [0.29, 0.717) is 6.54 Å². The Bertz CT molecular complexity index is 1230. The first-order valence-electron chi connectivity index (χ1n) is 13.7. The summed E-state index contributed by atoms with van der Waals surface area (Å²) in [4.78, 5) is 5.34. The quantitative estimate of drug-likeness (QED) is 0.367. The number of benzene rings is 2. The minimum atomic E-state index is 0.0148. The minimum absolute atomic E-state index is 0.0148. The molecule has 0 bridgehead atoms. The zero-order valence-corrected chi connectivity index (χ0v) is 21.4. The van der Waals surface area contributed by atoms with Gasteiger partial charge in [0.25, 0.3) is 0 Å². The van der Waals surface area contributed by atoms with Crippen LogP contribution >= 0.6 is 0 Å². The highest BCUT2D eigenvalue weighted by molar-refractivity contribution is 5.29. The Morgan fingerprint density at radius 1 is 0.784 bits per heavy atom. The van der Waals surface area contributed by atoms with Gasteiger partial charge in [-0.2, -0.15) is 5.10 Å². The first kappa shape index (κ1) is 24.0. The van der Waals surface area contributed by atoms with E-state index in [9.17, 15) is 0 Å². The van der Waals surface area contributed by atoms with Gasteiger partial charge >= 0.3 is 0 Å². The fourth-order valence-electron chi connectivity index (χ4n) is 6.04. The maximum absolute atomic E-state index is 4.61. The predicted octanol–water partition coefficient (Wildman–Crippen LogP) is 4.01. The molecule has 8 heteroatoms. The monoisotopic (exact) mass is 496 g/mol. The zero-order chi connectivity index (χ0) is 24.9. The van der Waals surface area contributed by atoms with Crippen molar-refractivity contribution in [3.05, 3.63) is 95.6 Å². The second-order valence-corrected chi connectivity index (χ2v) is 10.4. The number of tetrazole rings is 1. The lowest BCUT2D eigenvalue weighted by atomic mass is 10.0. The summed E-state index contributed by atoms with van der Waals surface area (Å²) in [6.07, 6.45) is 10.5. The van der Waals surface area contributed by atoms with Crippen LogP contribution in [0.4, 0.5) is 0 Å².